The predicted octanol–water partition coefficient (Wildman–Crippen LogP) is 0.642. The summed E-state index contributed by atoms with van der Waals surface area (Å²) in [5.41, 5.74) is 0.518. The molecule has 4 amide bonds. The van der Waals surface area contributed by atoms with Crippen LogP contribution < -0.4 is 5.32 Å². The number of carbonyl (C=O) groups excluding carboxylic acids is 4. The highest BCUT2D eigenvalue weighted by Crippen LogP contribution is 2.32. The van der Waals surface area contributed by atoms with Crippen LogP contribution in [0, 0.1) is 6.92 Å². The van der Waals surface area contributed by atoms with Crippen molar-refractivity contribution < 1.29 is 59.1 Å². The number of piperidine rings is 1. The minimum Gasteiger partial charge on any atom is -0.378 e. The Labute approximate surface area is 272 Å². The van der Waals surface area contributed by atoms with E-state index in [1.54, 1.807) is 12.1 Å². The van der Waals surface area contributed by atoms with Crippen molar-refractivity contribution in [2.24, 2.45) is 0 Å². The average molecular weight is 697 g/mol. The Morgan fingerprint density at radius 1 is 0.745 bits per heavy atom. The summed E-state index contributed by atoms with van der Waals surface area (Å²) in [6, 6.07) is 9.02. The summed E-state index contributed by atoms with van der Waals surface area (Å²) in [4.78, 5) is 50.4. The molecule has 1 unspecified atom stereocenters. The van der Waals surface area contributed by atoms with Gasteiger partial charge in [0.05, 0.1) is 86.1 Å². The second-order valence-corrected chi connectivity index (χ2v) is 14.2. The Hall–Kier alpha value is -3.58. The lowest BCUT2D eigenvalue weighted by molar-refractivity contribution is -0.136. The maximum Gasteiger partial charge on any atom is 0.297 e. The van der Waals surface area contributed by atoms with Crippen molar-refractivity contribution in [3.05, 3.63) is 59.2 Å². The van der Waals surface area contributed by atoms with Gasteiger partial charge in [0.1, 0.15) is 6.04 Å². The number of hydrogen-bond acceptors (Lipinski definition) is 13. The van der Waals surface area contributed by atoms with Gasteiger partial charge in [0.2, 0.25) is 11.8 Å². The van der Waals surface area contributed by atoms with Crippen LogP contribution in [0.4, 0.5) is 0 Å². The van der Waals surface area contributed by atoms with Crippen molar-refractivity contribution in [3.8, 4) is 0 Å². The molecule has 2 heterocycles. The van der Waals surface area contributed by atoms with Crippen LogP contribution >= 0.6 is 0 Å². The number of sulfone groups is 1. The predicted molar refractivity (Wildman–Crippen MR) is 163 cm³/mol. The molecule has 0 saturated carbocycles. The van der Waals surface area contributed by atoms with Crippen LogP contribution in [-0.4, -0.2) is 117 Å². The zero-order chi connectivity index (χ0) is 34.0. The number of imide groups is 2. The van der Waals surface area contributed by atoms with Gasteiger partial charge in [-0.25, -0.2) is 8.42 Å². The van der Waals surface area contributed by atoms with Crippen molar-refractivity contribution >= 4 is 43.6 Å². The highest BCUT2D eigenvalue weighted by molar-refractivity contribution is 7.91. The normalized spacial score (nSPS) is 16.9. The number of nitrogens with one attached hydrogen (secondary N) is 1. The van der Waals surface area contributed by atoms with E-state index >= 15 is 0 Å². The molecule has 1 atom stereocenters. The number of amides is 4. The number of fused-ring (bicyclic) bond motifs is 1. The van der Waals surface area contributed by atoms with E-state index < -0.39 is 55.4 Å². The van der Waals surface area contributed by atoms with Crippen LogP contribution in [0.25, 0.3) is 0 Å². The van der Waals surface area contributed by atoms with Crippen LogP contribution in [0.2, 0.25) is 0 Å². The van der Waals surface area contributed by atoms with Gasteiger partial charge in [-0.05, 0) is 37.6 Å². The molecule has 256 valence electrons. The highest BCUT2D eigenvalue weighted by atomic mass is 32.2. The van der Waals surface area contributed by atoms with Crippen molar-refractivity contribution in [1.29, 1.82) is 0 Å². The van der Waals surface area contributed by atoms with Gasteiger partial charge in [-0.3, -0.25) is 33.6 Å². The fourth-order valence-electron chi connectivity index (χ4n) is 4.76. The molecule has 0 aromatic heterocycles. The lowest BCUT2D eigenvalue weighted by Gasteiger charge is -2.27. The first kappa shape index (κ1) is 36.3. The second-order valence-electron chi connectivity index (χ2n) is 10.5. The van der Waals surface area contributed by atoms with Gasteiger partial charge in [-0.1, -0.05) is 23.8 Å². The van der Waals surface area contributed by atoms with Crippen LogP contribution in [0.1, 0.15) is 39.1 Å². The molecule has 1 saturated heterocycles. The summed E-state index contributed by atoms with van der Waals surface area (Å²) in [6.07, 6.45) is -0.0996. The van der Waals surface area contributed by atoms with Gasteiger partial charge in [-0.2, -0.15) is 8.42 Å². The smallest absolute Gasteiger partial charge is 0.297 e. The van der Waals surface area contributed by atoms with E-state index in [-0.39, 0.29) is 93.2 Å². The Balaban J connectivity index is 1.07. The molecule has 0 radical (unpaired) electrons. The third-order valence-corrected chi connectivity index (χ3v) is 10.2. The van der Waals surface area contributed by atoms with Gasteiger partial charge in [-0.15, -0.1) is 0 Å². The highest BCUT2D eigenvalue weighted by Gasteiger charge is 2.46. The van der Waals surface area contributed by atoms with Gasteiger partial charge >= 0.3 is 0 Å². The van der Waals surface area contributed by atoms with Crippen molar-refractivity contribution in [1.82, 2.24) is 10.2 Å². The largest absolute Gasteiger partial charge is 0.378 e. The van der Waals surface area contributed by atoms with Crippen LogP contribution in [-0.2, 0) is 52.7 Å². The number of rotatable bonds is 19. The van der Waals surface area contributed by atoms with Gasteiger partial charge < -0.3 is 18.9 Å². The van der Waals surface area contributed by atoms with Gasteiger partial charge in [0.15, 0.2) is 9.84 Å². The first-order valence-corrected chi connectivity index (χ1v) is 17.8. The van der Waals surface area contributed by atoms with E-state index in [4.69, 9.17) is 23.1 Å². The molecule has 2 aromatic rings. The molecule has 0 aliphatic carbocycles. The lowest BCUT2D eigenvalue weighted by Crippen LogP contribution is -2.54. The van der Waals surface area contributed by atoms with E-state index in [1.165, 1.54) is 30.3 Å². The Bertz CT molecular complexity index is 1680. The van der Waals surface area contributed by atoms with Crippen LogP contribution in [0.15, 0.2) is 52.3 Å². The molecule has 47 heavy (non-hydrogen) atoms. The third kappa shape index (κ3) is 9.50. The maximum atomic E-state index is 13.2. The average Bonchev–Trinajstić information content (AvgIpc) is 3.28. The summed E-state index contributed by atoms with van der Waals surface area (Å²) in [5.74, 6) is -3.46. The van der Waals surface area contributed by atoms with E-state index in [0.29, 0.717) is 4.90 Å². The molecule has 2 aliphatic heterocycles. The minimum atomic E-state index is -4.05. The minimum absolute atomic E-state index is 0.0455. The topological polar surface area (TPSA) is 198 Å². The molecule has 2 aromatic carbocycles. The fraction of sp³-hybridized carbons (Fsp3) is 0.467. The molecular weight excluding hydrogens is 660 g/mol. The van der Waals surface area contributed by atoms with Gasteiger partial charge in [0, 0.05) is 6.42 Å². The number of ether oxygens (including phenoxy) is 4. The zero-order valence-electron chi connectivity index (χ0n) is 25.7. The van der Waals surface area contributed by atoms with E-state index in [9.17, 15) is 36.0 Å². The third-order valence-electron chi connectivity index (χ3n) is 7.15. The number of aryl methyl sites for hydroxylation is 1. The zero-order valence-corrected chi connectivity index (χ0v) is 27.3. The molecule has 1 N–H and O–H groups in total. The Kier molecular flexibility index (Phi) is 12.7. The summed E-state index contributed by atoms with van der Waals surface area (Å²) in [7, 11) is -7.89. The number of nitrogens with zero attached hydrogens (tertiary/aromatic N) is 1. The molecular formula is C30H36N2O13S2. The molecule has 15 nitrogen and oxygen atoms in total. The summed E-state index contributed by atoms with van der Waals surface area (Å²) in [5, 5.41) is 2.10. The van der Waals surface area contributed by atoms with E-state index in [2.05, 4.69) is 5.32 Å². The van der Waals surface area contributed by atoms with Crippen molar-refractivity contribution in [2.75, 3.05) is 65.2 Å². The SMILES string of the molecule is Cc1ccc(S(=O)(=O)OCCOCCOCCOCCOCCS(=O)(=O)c2cccc3c2C(=O)N(C2CCC(=O)NC2=O)C3=O)cc1. The summed E-state index contributed by atoms with van der Waals surface area (Å²) >= 11 is 0. The first-order chi connectivity index (χ1) is 22.4. The molecule has 0 bridgehead atoms. The molecule has 0 spiro atoms. The number of carbonyl (C=O) groups is 4. The molecule has 1 fully saturated rings. The van der Waals surface area contributed by atoms with E-state index in [1.807, 2.05) is 6.92 Å². The monoisotopic (exact) mass is 696 g/mol. The maximum absolute atomic E-state index is 13.2. The Morgan fingerprint density at radius 2 is 1.32 bits per heavy atom. The molecule has 4 rings (SSSR count). The van der Waals surface area contributed by atoms with Crippen LogP contribution in [0.5, 0.6) is 0 Å². The molecule has 17 heteroatoms. The fourth-order valence-corrected chi connectivity index (χ4v) is 7.00. The van der Waals surface area contributed by atoms with Gasteiger partial charge in [0.25, 0.3) is 21.9 Å². The van der Waals surface area contributed by atoms with Crippen molar-refractivity contribution in [2.45, 2.75) is 35.6 Å². The van der Waals surface area contributed by atoms with Crippen molar-refractivity contribution in [3.63, 3.8) is 0 Å². The Morgan fingerprint density at radius 3 is 1.91 bits per heavy atom. The lowest BCUT2D eigenvalue weighted by atomic mass is 10.0. The first-order valence-electron chi connectivity index (χ1n) is 14.8. The quantitative estimate of drug-likeness (QED) is 0.122. The number of hydrogen-bond donors (Lipinski definition) is 1. The summed E-state index contributed by atoms with van der Waals surface area (Å²) < 4.78 is 76.8. The number of benzene rings is 2. The second kappa shape index (κ2) is 16.5. The van der Waals surface area contributed by atoms with Crippen LogP contribution in [0.3, 0.4) is 0 Å². The molecule has 2 aliphatic rings. The summed E-state index contributed by atoms with van der Waals surface area (Å²) in [6.45, 7) is 2.85. The standard InChI is InChI=1S/C30H36N2O13S2/c1-21-5-7-22(8-6-21)47(39,40)45-18-17-43-14-13-41-11-12-42-15-16-44-19-20-46(37,38)25-4-2-3-23-27(25)30(36)32(29(23)35)24-9-10-26(33)31-28(24)34/h2-8,24H,9-20H2,1H3,(H,31,33,34). The van der Waals surface area contributed by atoms with E-state index in [0.717, 1.165) is 5.56 Å².